The minimum Gasteiger partial charge on any atom is -0.303 e. The molecule has 0 aliphatic carbocycles. The van der Waals surface area contributed by atoms with Crippen LogP contribution in [0.25, 0.3) is 0 Å². The van der Waals surface area contributed by atoms with Crippen LogP contribution in [0.3, 0.4) is 0 Å². The van der Waals surface area contributed by atoms with Crippen molar-refractivity contribution in [2.75, 3.05) is 0 Å². The van der Waals surface area contributed by atoms with Gasteiger partial charge < -0.3 is 4.79 Å². The summed E-state index contributed by atoms with van der Waals surface area (Å²) >= 11 is 3.95. The van der Waals surface area contributed by atoms with Crippen molar-refractivity contribution in [1.82, 2.24) is 0 Å². The van der Waals surface area contributed by atoms with Gasteiger partial charge in [-0.3, -0.25) is 4.79 Å². The minimum atomic E-state index is -0.254. The maximum atomic E-state index is 10.5. The van der Waals surface area contributed by atoms with Gasteiger partial charge in [0.2, 0.25) is 0 Å². The van der Waals surface area contributed by atoms with Crippen molar-refractivity contribution in [3.63, 3.8) is 0 Å². The maximum absolute atomic E-state index is 10.5. The first-order chi connectivity index (χ1) is 4.18. The Balaban J connectivity index is 3.37. The van der Waals surface area contributed by atoms with Gasteiger partial charge in [0.1, 0.15) is 12.1 Å². The molecule has 0 spiro atoms. The molecule has 9 heavy (non-hydrogen) atoms. The fourth-order valence-corrected chi connectivity index (χ4v) is 0.578. The Bertz CT molecular complexity index is 112. The Labute approximate surface area is 60.0 Å². The summed E-state index contributed by atoms with van der Waals surface area (Å²) in [6.07, 6.45) is 1.78. The first-order valence-corrected chi connectivity index (χ1v) is 3.32. The standard InChI is InChI=1S/C6H10O2S/c1-5(8)6(9)3-2-4-7/h4,6,9H,2-3H2,1H3. The average molecular weight is 146 g/mol. The van der Waals surface area contributed by atoms with Crippen molar-refractivity contribution in [3.05, 3.63) is 0 Å². The number of thiol groups is 1. The molecule has 0 bridgehead atoms. The zero-order valence-electron chi connectivity index (χ0n) is 5.33. The second-order valence-corrected chi connectivity index (χ2v) is 2.49. The van der Waals surface area contributed by atoms with Gasteiger partial charge in [-0.1, -0.05) is 0 Å². The van der Waals surface area contributed by atoms with Gasteiger partial charge in [0.15, 0.2) is 0 Å². The number of ketones is 1. The van der Waals surface area contributed by atoms with Crippen LogP contribution < -0.4 is 0 Å². The molecular formula is C6H10O2S. The first kappa shape index (κ1) is 8.69. The number of hydrogen-bond acceptors (Lipinski definition) is 3. The molecule has 52 valence electrons. The Morgan fingerprint density at radius 1 is 1.78 bits per heavy atom. The Morgan fingerprint density at radius 2 is 2.33 bits per heavy atom. The summed E-state index contributed by atoms with van der Waals surface area (Å²) in [6, 6.07) is 0. The molecule has 1 atom stereocenters. The highest BCUT2D eigenvalue weighted by Crippen LogP contribution is 2.03. The maximum Gasteiger partial charge on any atom is 0.142 e. The second kappa shape index (κ2) is 4.56. The van der Waals surface area contributed by atoms with Gasteiger partial charge in [-0.05, 0) is 13.3 Å². The zero-order chi connectivity index (χ0) is 7.28. The third-order valence-electron chi connectivity index (χ3n) is 1.03. The van der Waals surface area contributed by atoms with E-state index in [9.17, 15) is 9.59 Å². The summed E-state index contributed by atoms with van der Waals surface area (Å²) in [6.45, 7) is 1.47. The van der Waals surface area contributed by atoms with E-state index in [0.29, 0.717) is 12.8 Å². The van der Waals surface area contributed by atoms with Crippen LogP contribution in [-0.2, 0) is 9.59 Å². The first-order valence-electron chi connectivity index (χ1n) is 2.80. The third-order valence-corrected chi connectivity index (χ3v) is 1.65. The van der Waals surface area contributed by atoms with Gasteiger partial charge >= 0.3 is 0 Å². The van der Waals surface area contributed by atoms with Crippen LogP contribution in [0.15, 0.2) is 0 Å². The lowest BCUT2D eigenvalue weighted by atomic mass is 10.2. The van der Waals surface area contributed by atoms with Gasteiger partial charge in [0.05, 0.1) is 5.25 Å². The fraction of sp³-hybridized carbons (Fsp3) is 0.667. The molecule has 0 aromatic heterocycles. The summed E-state index contributed by atoms with van der Waals surface area (Å²) in [4.78, 5) is 20.2. The summed E-state index contributed by atoms with van der Waals surface area (Å²) < 4.78 is 0. The van der Waals surface area contributed by atoms with Crippen LogP contribution in [0, 0.1) is 0 Å². The normalized spacial score (nSPS) is 12.7. The van der Waals surface area contributed by atoms with Gasteiger partial charge in [0.25, 0.3) is 0 Å². The molecule has 0 fully saturated rings. The highest BCUT2D eigenvalue weighted by Gasteiger charge is 2.06. The SMILES string of the molecule is CC(=O)C(S)CCC=O. The second-order valence-electron chi connectivity index (χ2n) is 1.87. The predicted octanol–water partition coefficient (Wildman–Crippen LogP) is 0.853. The van der Waals surface area contributed by atoms with Gasteiger partial charge in [-0.25, -0.2) is 0 Å². The van der Waals surface area contributed by atoms with Crippen LogP contribution in [0.1, 0.15) is 19.8 Å². The molecule has 0 aliphatic heterocycles. The van der Waals surface area contributed by atoms with Crippen LogP contribution >= 0.6 is 12.6 Å². The molecule has 1 unspecified atom stereocenters. The zero-order valence-corrected chi connectivity index (χ0v) is 6.23. The van der Waals surface area contributed by atoms with Crippen LogP contribution in [-0.4, -0.2) is 17.3 Å². The minimum absolute atomic E-state index is 0.0279. The van der Waals surface area contributed by atoms with Crippen LogP contribution in [0.2, 0.25) is 0 Å². The molecule has 0 aromatic rings. The van der Waals surface area contributed by atoms with Crippen molar-refractivity contribution in [2.45, 2.75) is 25.0 Å². The smallest absolute Gasteiger partial charge is 0.142 e. The third kappa shape index (κ3) is 4.21. The molecule has 0 aromatic carbocycles. The summed E-state index contributed by atoms with van der Waals surface area (Å²) in [7, 11) is 0. The van der Waals surface area contributed by atoms with Crippen LogP contribution in [0.5, 0.6) is 0 Å². The van der Waals surface area contributed by atoms with Gasteiger partial charge in [-0.15, -0.1) is 0 Å². The van der Waals surface area contributed by atoms with E-state index < -0.39 is 0 Å². The van der Waals surface area contributed by atoms with E-state index in [1.165, 1.54) is 6.92 Å². The molecular weight excluding hydrogens is 136 g/mol. The van der Waals surface area contributed by atoms with E-state index in [1.54, 1.807) is 0 Å². The predicted molar refractivity (Wildman–Crippen MR) is 38.8 cm³/mol. The number of aldehydes is 1. The molecule has 0 heterocycles. The fourth-order valence-electron chi connectivity index (χ4n) is 0.429. The van der Waals surface area contributed by atoms with Crippen molar-refractivity contribution < 1.29 is 9.59 Å². The number of Topliss-reactive ketones (excluding diaryl/α,β-unsaturated/α-hetero) is 1. The number of hydrogen-bond donors (Lipinski definition) is 1. The molecule has 2 nitrogen and oxygen atoms in total. The molecule has 3 heteroatoms. The molecule has 0 aliphatic rings. The molecule has 0 saturated carbocycles. The largest absolute Gasteiger partial charge is 0.303 e. The average Bonchev–Trinajstić information content (AvgIpc) is 1.82. The Morgan fingerprint density at radius 3 is 2.67 bits per heavy atom. The lowest BCUT2D eigenvalue weighted by molar-refractivity contribution is -0.116. The number of carbonyl (C=O) groups excluding carboxylic acids is 2. The lowest BCUT2D eigenvalue weighted by Crippen LogP contribution is -2.09. The molecule has 0 rings (SSSR count). The lowest BCUT2D eigenvalue weighted by Gasteiger charge is -2.00. The number of carbonyl (C=O) groups is 2. The van der Waals surface area contributed by atoms with E-state index in [-0.39, 0.29) is 11.0 Å². The monoisotopic (exact) mass is 146 g/mol. The van der Waals surface area contributed by atoms with Gasteiger partial charge in [-0.2, -0.15) is 12.6 Å². The van der Waals surface area contributed by atoms with Crippen molar-refractivity contribution in [2.24, 2.45) is 0 Å². The van der Waals surface area contributed by atoms with E-state index in [1.807, 2.05) is 0 Å². The highest BCUT2D eigenvalue weighted by molar-refractivity contribution is 7.81. The molecule has 0 amide bonds. The molecule has 0 saturated heterocycles. The highest BCUT2D eigenvalue weighted by atomic mass is 32.1. The van der Waals surface area contributed by atoms with Crippen molar-refractivity contribution in [1.29, 1.82) is 0 Å². The quantitative estimate of drug-likeness (QED) is 0.471. The van der Waals surface area contributed by atoms with E-state index in [0.717, 1.165) is 6.29 Å². The Kier molecular flexibility index (Phi) is 4.40. The van der Waals surface area contributed by atoms with E-state index in [4.69, 9.17) is 0 Å². The van der Waals surface area contributed by atoms with Gasteiger partial charge in [0, 0.05) is 6.42 Å². The summed E-state index contributed by atoms with van der Waals surface area (Å²) in [5.74, 6) is 0.0279. The van der Waals surface area contributed by atoms with E-state index in [2.05, 4.69) is 12.6 Å². The van der Waals surface area contributed by atoms with Crippen molar-refractivity contribution in [3.8, 4) is 0 Å². The van der Waals surface area contributed by atoms with Crippen LogP contribution in [0.4, 0.5) is 0 Å². The van der Waals surface area contributed by atoms with Crippen molar-refractivity contribution >= 4 is 24.7 Å². The van der Waals surface area contributed by atoms with E-state index >= 15 is 0 Å². The number of rotatable bonds is 4. The summed E-state index contributed by atoms with van der Waals surface area (Å²) in [5.41, 5.74) is 0. The molecule has 0 radical (unpaired) electrons. The summed E-state index contributed by atoms with van der Waals surface area (Å²) in [5, 5.41) is -0.254. The topological polar surface area (TPSA) is 34.1 Å². The Hall–Kier alpha value is -0.310. The molecule has 0 N–H and O–H groups in total.